The molecule has 1 aliphatic rings. The molecule has 2 N–H and O–H groups in total. The van der Waals surface area contributed by atoms with E-state index in [1.165, 1.54) is 17.7 Å². The molecule has 1 aliphatic heterocycles. The first-order valence-corrected chi connectivity index (χ1v) is 10.8. The summed E-state index contributed by atoms with van der Waals surface area (Å²) < 4.78 is 26.8. The maximum atomic E-state index is 14.9. The van der Waals surface area contributed by atoms with Crippen LogP contribution < -0.4 is 16.4 Å². The summed E-state index contributed by atoms with van der Waals surface area (Å²) in [6, 6.07) is 10.9. The van der Waals surface area contributed by atoms with Crippen LogP contribution in [0.1, 0.15) is 18.4 Å². The van der Waals surface area contributed by atoms with Crippen molar-refractivity contribution in [1.29, 1.82) is 5.26 Å². The summed E-state index contributed by atoms with van der Waals surface area (Å²) >= 11 is 0. The third-order valence-electron chi connectivity index (χ3n) is 6.05. The van der Waals surface area contributed by atoms with Gasteiger partial charge in [-0.3, -0.25) is 9.36 Å². The quantitative estimate of drug-likeness (QED) is 0.569. The lowest BCUT2D eigenvalue weighted by Gasteiger charge is -2.23. The van der Waals surface area contributed by atoms with E-state index >= 15 is 0 Å². The Morgan fingerprint density at radius 3 is 2.79 bits per heavy atom. The Morgan fingerprint density at radius 2 is 2.12 bits per heavy atom. The monoisotopic (exact) mass is 452 g/mol. The van der Waals surface area contributed by atoms with Crippen molar-refractivity contribution < 1.29 is 18.3 Å². The summed E-state index contributed by atoms with van der Waals surface area (Å²) in [5, 5.41) is 15.4. The van der Waals surface area contributed by atoms with Crippen LogP contribution in [-0.4, -0.2) is 42.3 Å². The topological polar surface area (TPSA) is 109 Å². The van der Waals surface area contributed by atoms with Crippen LogP contribution >= 0.6 is 0 Å². The number of aromatic nitrogens is 1. The molecule has 1 aromatic heterocycles. The summed E-state index contributed by atoms with van der Waals surface area (Å²) in [6.45, 7) is 0.820. The van der Waals surface area contributed by atoms with Crippen molar-refractivity contribution in [1.82, 2.24) is 15.2 Å². The summed E-state index contributed by atoms with van der Waals surface area (Å²) in [4.78, 5) is 24.3. The first-order chi connectivity index (χ1) is 15.9. The lowest BCUT2D eigenvalue weighted by atomic mass is 9.99. The Labute approximate surface area is 189 Å². The Kier molecular flexibility index (Phi) is 6.58. The zero-order valence-electron chi connectivity index (χ0n) is 18.4. The van der Waals surface area contributed by atoms with Gasteiger partial charge in [0, 0.05) is 26.6 Å². The largest absolute Gasteiger partial charge is 0.419 e. The van der Waals surface area contributed by atoms with Crippen molar-refractivity contribution in [3.63, 3.8) is 0 Å². The first-order valence-electron chi connectivity index (χ1n) is 10.8. The molecule has 2 aromatic carbocycles. The highest BCUT2D eigenvalue weighted by molar-refractivity contribution is 5.82. The molecule has 9 heteroatoms. The van der Waals surface area contributed by atoms with Crippen LogP contribution in [0.25, 0.3) is 22.2 Å². The van der Waals surface area contributed by atoms with Gasteiger partial charge < -0.3 is 19.8 Å². The van der Waals surface area contributed by atoms with Gasteiger partial charge in [-0.15, -0.1) is 0 Å². The number of carbonyl (C=O) groups is 1. The van der Waals surface area contributed by atoms with E-state index in [2.05, 4.69) is 10.6 Å². The molecule has 33 heavy (non-hydrogen) atoms. The second-order valence-corrected chi connectivity index (χ2v) is 8.17. The van der Waals surface area contributed by atoms with Gasteiger partial charge in [0.05, 0.1) is 11.6 Å². The fraction of sp³-hybridized carbons (Fsp3) is 0.375. The van der Waals surface area contributed by atoms with Gasteiger partial charge in [0.25, 0.3) is 5.91 Å². The predicted molar refractivity (Wildman–Crippen MR) is 120 cm³/mol. The fourth-order valence-electron chi connectivity index (χ4n) is 4.23. The molecule has 0 saturated carbocycles. The van der Waals surface area contributed by atoms with Crippen LogP contribution in [0.2, 0.25) is 0 Å². The van der Waals surface area contributed by atoms with Crippen LogP contribution in [0.3, 0.4) is 0 Å². The van der Waals surface area contributed by atoms with Crippen molar-refractivity contribution in [2.24, 2.45) is 7.05 Å². The number of carbonyl (C=O) groups excluding carboxylic acids is 1. The number of ether oxygens (including phenoxy) is 1. The number of halogens is 1. The van der Waals surface area contributed by atoms with Crippen LogP contribution in [0.15, 0.2) is 45.6 Å². The Morgan fingerprint density at radius 1 is 1.36 bits per heavy atom. The minimum absolute atomic E-state index is 0.0259. The SMILES string of the molecule is COC(C(=O)N[C@H](C#N)Cc1ccc(-c2ccc3oc(=O)n(C)c3c2)cc1F)[C@H]1CCCN1. The van der Waals surface area contributed by atoms with E-state index in [0.717, 1.165) is 24.9 Å². The van der Waals surface area contributed by atoms with Crippen molar-refractivity contribution in [3.8, 4) is 17.2 Å². The van der Waals surface area contributed by atoms with Crippen molar-refractivity contribution in [2.45, 2.75) is 37.5 Å². The van der Waals surface area contributed by atoms with Crippen molar-refractivity contribution in [2.75, 3.05) is 13.7 Å². The number of aryl methyl sites for hydroxylation is 1. The van der Waals surface area contributed by atoms with Crippen molar-refractivity contribution in [3.05, 3.63) is 58.3 Å². The number of oxazole rings is 1. The van der Waals surface area contributed by atoms with E-state index in [9.17, 15) is 19.2 Å². The molecule has 2 heterocycles. The molecule has 8 nitrogen and oxygen atoms in total. The maximum Gasteiger partial charge on any atom is 0.419 e. The number of hydrogen-bond acceptors (Lipinski definition) is 6. The predicted octanol–water partition coefficient (Wildman–Crippen LogP) is 2.26. The van der Waals surface area contributed by atoms with Gasteiger partial charge in [-0.05, 0) is 54.3 Å². The first kappa shape index (κ1) is 22.7. The van der Waals surface area contributed by atoms with E-state index in [4.69, 9.17) is 9.15 Å². The number of methoxy groups -OCH3 is 1. The normalized spacial score (nSPS) is 17.6. The Balaban J connectivity index is 1.49. The molecular formula is C24H25FN4O4. The molecule has 172 valence electrons. The van der Waals surface area contributed by atoms with Gasteiger partial charge >= 0.3 is 5.76 Å². The van der Waals surface area contributed by atoms with Gasteiger partial charge in [0.1, 0.15) is 11.9 Å². The molecule has 1 unspecified atom stereocenters. The molecule has 1 fully saturated rings. The molecular weight excluding hydrogens is 427 g/mol. The molecule has 3 aromatic rings. The van der Waals surface area contributed by atoms with E-state index < -0.39 is 23.7 Å². The third kappa shape index (κ3) is 4.67. The van der Waals surface area contributed by atoms with E-state index in [-0.39, 0.29) is 18.4 Å². The number of benzene rings is 2. The molecule has 3 atom stereocenters. The third-order valence-corrected chi connectivity index (χ3v) is 6.05. The molecule has 4 rings (SSSR count). The Hall–Kier alpha value is -3.48. The summed E-state index contributed by atoms with van der Waals surface area (Å²) in [7, 11) is 3.07. The molecule has 1 amide bonds. The highest BCUT2D eigenvalue weighted by Crippen LogP contribution is 2.26. The second-order valence-electron chi connectivity index (χ2n) is 8.17. The molecule has 0 radical (unpaired) electrons. The molecule has 0 bridgehead atoms. The molecule has 0 aliphatic carbocycles. The number of rotatable bonds is 7. The smallest absolute Gasteiger partial charge is 0.408 e. The number of hydrogen-bond donors (Lipinski definition) is 2. The van der Waals surface area contributed by atoms with Gasteiger partial charge in [-0.1, -0.05) is 18.2 Å². The van der Waals surface area contributed by atoms with E-state index in [1.807, 2.05) is 6.07 Å². The lowest BCUT2D eigenvalue weighted by Crippen LogP contribution is -2.50. The number of fused-ring (bicyclic) bond motifs is 1. The van der Waals surface area contributed by atoms with Crippen LogP contribution in [-0.2, 0) is 23.0 Å². The summed E-state index contributed by atoms with van der Waals surface area (Å²) in [5.41, 5.74) is 2.73. The number of nitriles is 1. The zero-order chi connectivity index (χ0) is 23.5. The van der Waals surface area contributed by atoms with E-state index in [1.54, 1.807) is 37.4 Å². The maximum absolute atomic E-state index is 14.9. The molecule has 0 spiro atoms. The number of nitrogens with zero attached hydrogens (tertiary/aromatic N) is 2. The van der Waals surface area contributed by atoms with Gasteiger partial charge in [0.15, 0.2) is 11.7 Å². The standard InChI is InChI=1S/C24H25FN4O4/c1-29-20-12-15(7-8-21(20)33-24(29)31)14-5-6-16(18(25)11-14)10-17(13-26)28-23(30)22(32-2)19-4-3-9-27-19/h5-8,11-12,17,19,22,27H,3-4,9-10H2,1-2H3,(H,28,30)/t17-,19+,22?/m0/s1. The zero-order valence-corrected chi connectivity index (χ0v) is 18.4. The van der Waals surface area contributed by atoms with Gasteiger partial charge in [-0.25, -0.2) is 9.18 Å². The highest BCUT2D eigenvalue weighted by atomic mass is 19.1. The van der Waals surface area contributed by atoms with Crippen LogP contribution in [0.5, 0.6) is 0 Å². The van der Waals surface area contributed by atoms with Crippen LogP contribution in [0, 0.1) is 17.1 Å². The number of amides is 1. The summed E-state index contributed by atoms with van der Waals surface area (Å²) in [5.74, 6) is -1.34. The fourth-order valence-corrected chi connectivity index (χ4v) is 4.23. The average Bonchev–Trinajstić information content (AvgIpc) is 3.43. The lowest BCUT2D eigenvalue weighted by molar-refractivity contribution is -0.132. The Bertz CT molecular complexity index is 1270. The van der Waals surface area contributed by atoms with Gasteiger partial charge in [0.2, 0.25) is 0 Å². The number of nitrogens with one attached hydrogen (secondary N) is 2. The minimum Gasteiger partial charge on any atom is -0.408 e. The van der Waals surface area contributed by atoms with Gasteiger partial charge in [-0.2, -0.15) is 5.26 Å². The molecule has 1 saturated heterocycles. The summed E-state index contributed by atoms with van der Waals surface area (Å²) in [6.07, 6.45) is 1.10. The van der Waals surface area contributed by atoms with Crippen LogP contribution in [0.4, 0.5) is 4.39 Å². The minimum atomic E-state index is -0.895. The van der Waals surface area contributed by atoms with Crippen molar-refractivity contribution >= 4 is 17.0 Å². The average molecular weight is 452 g/mol. The highest BCUT2D eigenvalue weighted by Gasteiger charge is 2.31. The van der Waals surface area contributed by atoms with E-state index in [0.29, 0.717) is 22.2 Å². The second kappa shape index (κ2) is 9.57.